The minimum Gasteiger partial charge on any atom is -0.341 e. The molecule has 0 radical (unpaired) electrons. The quantitative estimate of drug-likeness (QED) is 0.267. The van der Waals surface area contributed by atoms with Gasteiger partial charge in [0.2, 0.25) is 0 Å². The van der Waals surface area contributed by atoms with Crippen LogP contribution in [0.3, 0.4) is 0 Å². The van der Waals surface area contributed by atoms with E-state index in [0.29, 0.717) is 0 Å². The predicted molar refractivity (Wildman–Crippen MR) is 133 cm³/mol. The first-order chi connectivity index (χ1) is 14.9. The molecule has 164 valence electrons. The van der Waals surface area contributed by atoms with Crippen molar-refractivity contribution >= 4 is 11.4 Å². The molecule has 1 aliphatic heterocycles. The van der Waals surface area contributed by atoms with Crippen LogP contribution in [0.15, 0.2) is 48.5 Å². The number of anilines is 2. The summed E-state index contributed by atoms with van der Waals surface area (Å²) in [6.07, 6.45) is 21.0. The zero-order valence-corrected chi connectivity index (χ0v) is 19.4. The molecule has 1 heterocycles. The molecule has 0 unspecified atom stereocenters. The van der Waals surface area contributed by atoms with Crippen LogP contribution in [-0.4, -0.2) is 6.54 Å². The smallest absolute Gasteiger partial charge is 0.0446 e. The van der Waals surface area contributed by atoms with Gasteiger partial charge in [0.05, 0.1) is 0 Å². The van der Waals surface area contributed by atoms with Gasteiger partial charge in [0.25, 0.3) is 0 Å². The van der Waals surface area contributed by atoms with Crippen molar-refractivity contribution in [3.05, 3.63) is 59.7 Å². The Hall–Kier alpha value is -1.76. The lowest BCUT2D eigenvalue weighted by Gasteiger charge is -2.33. The summed E-state index contributed by atoms with van der Waals surface area (Å²) in [4.78, 5) is 2.56. The van der Waals surface area contributed by atoms with Gasteiger partial charge in [-0.25, -0.2) is 0 Å². The molecule has 2 aromatic rings. The van der Waals surface area contributed by atoms with E-state index in [1.165, 1.54) is 112 Å². The molecule has 0 aromatic heterocycles. The topological polar surface area (TPSA) is 3.24 Å². The highest BCUT2D eigenvalue weighted by atomic mass is 15.1. The third-order valence-electron chi connectivity index (χ3n) is 6.68. The van der Waals surface area contributed by atoms with Gasteiger partial charge in [-0.1, -0.05) is 127 Å². The molecule has 0 atom stereocenters. The summed E-state index contributed by atoms with van der Waals surface area (Å²) in [6.45, 7) is 3.44. The molecule has 0 spiro atoms. The molecule has 1 heteroatoms. The van der Waals surface area contributed by atoms with Crippen molar-refractivity contribution in [3.63, 3.8) is 0 Å². The highest BCUT2D eigenvalue weighted by Gasteiger charge is 2.21. The number of fused-ring (bicyclic) bond motifs is 2. The lowest BCUT2D eigenvalue weighted by Crippen LogP contribution is -2.24. The minimum absolute atomic E-state index is 1.07. The van der Waals surface area contributed by atoms with Crippen LogP contribution in [0, 0.1) is 0 Å². The average Bonchev–Trinajstić information content (AvgIpc) is 2.78. The van der Waals surface area contributed by atoms with Crippen LogP contribution in [0.2, 0.25) is 0 Å². The maximum Gasteiger partial charge on any atom is 0.0446 e. The Morgan fingerprint density at radius 2 is 0.933 bits per heavy atom. The van der Waals surface area contributed by atoms with Crippen LogP contribution < -0.4 is 4.90 Å². The first kappa shape index (κ1) is 22.9. The molecule has 0 saturated heterocycles. The van der Waals surface area contributed by atoms with Crippen LogP contribution in [0.4, 0.5) is 11.4 Å². The van der Waals surface area contributed by atoms with Crippen molar-refractivity contribution < 1.29 is 0 Å². The summed E-state index contributed by atoms with van der Waals surface area (Å²) < 4.78 is 0. The van der Waals surface area contributed by atoms with Gasteiger partial charge in [0.1, 0.15) is 0 Å². The molecular weight excluding hydrogens is 362 g/mol. The molecule has 3 rings (SSSR count). The zero-order valence-electron chi connectivity index (χ0n) is 19.4. The number of unbranched alkanes of at least 4 members (excludes halogenated alkanes) is 13. The van der Waals surface area contributed by atoms with Crippen molar-refractivity contribution in [1.82, 2.24) is 0 Å². The largest absolute Gasteiger partial charge is 0.341 e. The lowest BCUT2D eigenvalue weighted by molar-refractivity contribution is 0.536. The normalized spacial score (nSPS) is 12.6. The fraction of sp³-hybridized carbons (Fsp3) is 0.586. The number of hydrogen-bond donors (Lipinski definition) is 0. The molecule has 30 heavy (non-hydrogen) atoms. The zero-order chi connectivity index (χ0) is 20.9. The number of rotatable bonds is 15. The Balaban J connectivity index is 1.27. The Kier molecular flexibility index (Phi) is 10.3. The molecule has 1 aliphatic rings. The average molecular weight is 406 g/mol. The van der Waals surface area contributed by atoms with Crippen LogP contribution in [-0.2, 0) is 6.42 Å². The number of nitrogens with zero attached hydrogens (tertiary/aromatic N) is 1. The second-order valence-corrected chi connectivity index (χ2v) is 9.18. The van der Waals surface area contributed by atoms with Gasteiger partial charge >= 0.3 is 0 Å². The minimum atomic E-state index is 1.07. The standard InChI is InChI=1S/C29H43N/c1-2-3-4-5-6-7-8-9-10-11-12-13-14-19-24-30-28-22-17-15-20-26(28)25-27-21-16-18-23-29(27)30/h15-18,20-23H,2-14,19,24-25H2,1H3. The van der Waals surface area contributed by atoms with E-state index in [9.17, 15) is 0 Å². The molecular formula is C29H43N. The van der Waals surface area contributed by atoms with E-state index in [0.717, 1.165) is 13.0 Å². The molecule has 0 fully saturated rings. The SMILES string of the molecule is CCCCCCCCCCCCCCCCN1c2ccccc2Cc2ccccc21. The molecule has 0 aliphatic carbocycles. The predicted octanol–water partition coefficient (Wildman–Crippen LogP) is 9.21. The Bertz CT molecular complexity index is 674. The van der Waals surface area contributed by atoms with E-state index in [4.69, 9.17) is 0 Å². The fourth-order valence-corrected chi connectivity index (χ4v) is 4.89. The monoisotopic (exact) mass is 405 g/mol. The number of para-hydroxylation sites is 2. The van der Waals surface area contributed by atoms with E-state index in [2.05, 4.69) is 60.4 Å². The van der Waals surface area contributed by atoms with Gasteiger partial charge in [-0.2, -0.15) is 0 Å². The van der Waals surface area contributed by atoms with Crippen molar-refractivity contribution in [1.29, 1.82) is 0 Å². The second-order valence-electron chi connectivity index (χ2n) is 9.18. The second kappa shape index (κ2) is 13.5. The van der Waals surface area contributed by atoms with Crippen LogP contribution >= 0.6 is 0 Å². The number of benzene rings is 2. The summed E-state index contributed by atoms with van der Waals surface area (Å²) in [5, 5.41) is 0. The lowest BCUT2D eigenvalue weighted by atomic mass is 9.95. The number of hydrogen-bond acceptors (Lipinski definition) is 1. The van der Waals surface area contributed by atoms with E-state index in [1.54, 1.807) is 0 Å². The van der Waals surface area contributed by atoms with E-state index >= 15 is 0 Å². The van der Waals surface area contributed by atoms with E-state index in [-0.39, 0.29) is 0 Å². The van der Waals surface area contributed by atoms with Gasteiger partial charge in [-0.15, -0.1) is 0 Å². The van der Waals surface area contributed by atoms with Gasteiger partial charge in [-0.05, 0) is 29.7 Å². The summed E-state index contributed by atoms with van der Waals surface area (Å²) in [5.74, 6) is 0. The van der Waals surface area contributed by atoms with Crippen molar-refractivity contribution in [2.75, 3.05) is 11.4 Å². The molecule has 2 aromatic carbocycles. The van der Waals surface area contributed by atoms with Gasteiger partial charge in [0, 0.05) is 24.3 Å². The van der Waals surface area contributed by atoms with E-state index < -0.39 is 0 Å². The third-order valence-corrected chi connectivity index (χ3v) is 6.68. The van der Waals surface area contributed by atoms with Crippen molar-refractivity contribution in [2.45, 2.75) is 103 Å². The first-order valence-electron chi connectivity index (χ1n) is 12.8. The van der Waals surface area contributed by atoms with Crippen LogP contribution in [0.1, 0.15) is 108 Å². The van der Waals surface area contributed by atoms with Gasteiger partial charge in [0.15, 0.2) is 0 Å². The molecule has 0 bridgehead atoms. The third kappa shape index (κ3) is 7.18. The summed E-state index contributed by atoms with van der Waals surface area (Å²) in [6, 6.07) is 17.9. The van der Waals surface area contributed by atoms with Crippen LogP contribution in [0.5, 0.6) is 0 Å². The summed E-state index contributed by atoms with van der Waals surface area (Å²) in [7, 11) is 0. The Morgan fingerprint density at radius 1 is 0.533 bits per heavy atom. The highest BCUT2D eigenvalue weighted by Crippen LogP contribution is 2.38. The summed E-state index contributed by atoms with van der Waals surface area (Å²) in [5.41, 5.74) is 5.79. The van der Waals surface area contributed by atoms with Crippen LogP contribution in [0.25, 0.3) is 0 Å². The van der Waals surface area contributed by atoms with Gasteiger partial charge in [-0.3, -0.25) is 0 Å². The van der Waals surface area contributed by atoms with Crippen molar-refractivity contribution in [3.8, 4) is 0 Å². The van der Waals surface area contributed by atoms with Gasteiger partial charge < -0.3 is 4.90 Å². The Labute approximate surface area is 185 Å². The highest BCUT2D eigenvalue weighted by molar-refractivity contribution is 5.74. The maximum atomic E-state index is 2.56. The molecule has 0 saturated carbocycles. The summed E-state index contributed by atoms with van der Waals surface area (Å²) >= 11 is 0. The molecule has 0 N–H and O–H groups in total. The van der Waals surface area contributed by atoms with E-state index in [1.807, 2.05) is 0 Å². The maximum absolute atomic E-state index is 2.56. The molecule has 1 nitrogen and oxygen atoms in total. The molecule has 0 amide bonds. The van der Waals surface area contributed by atoms with Crippen molar-refractivity contribution in [2.24, 2.45) is 0 Å². The fourth-order valence-electron chi connectivity index (χ4n) is 4.89. The Morgan fingerprint density at radius 3 is 1.40 bits per heavy atom. The first-order valence-corrected chi connectivity index (χ1v) is 12.8.